The van der Waals surface area contributed by atoms with E-state index in [1.54, 1.807) is 33.5 Å². The number of likely N-dealkylation sites (tertiary alicyclic amines) is 1. The summed E-state index contributed by atoms with van der Waals surface area (Å²) in [5, 5.41) is 6.75. The molecule has 36 heavy (non-hydrogen) atoms. The molecule has 0 saturated carbocycles. The van der Waals surface area contributed by atoms with Crippen LogP contribution in [0.2, 0.25) is 5.02 Å². The molecule has 2 heterocycles. The molecule has 2 amide bonds. The van der Waals surface area contributed by atoms with Gasteiger partial charge in [0.2, 0.25) is 5.75 Å². The third kappa shape index (κ3) is 6.88. The number of piperidine rings is 1. The molecule has 2 aromatic carbocycles. The number of carbonyl (C=O) groups is 1. The number of methoxy groups -OCH3 is 3. The monoisotopic (exact) mass is 539 g/mol. The van der Waals surface area contributed by atoms with Crippen LogP contribution in [0.25, 0.3) is 0 Å². The Morgan fingerprint density at radius 1 is 1.03 bits per heavy atom. The number of nitrogens with zero attached hydrogens (tertiary/aromatic N) is 1. The SMILES string of the molecule is COc1cc(NC(=O)N[C@@H]2COC[C@H]2N2CCC(Cc3ccc(Cl)cc3)CC2)cc(OC)c1OC.Cl. The van der Waals surface area contributed by atoms with Crippen LogP contribution in [0, 0.1) is 5.92 Å². The number of hydrogen-bond donors (Lipinski definition) is 2. The zero-order chi connectivity index (χ0) is 24.8. The van der Waals surface area contributed by atoms with Gasteiger partial charge >= 0.3 is 6.03 Å². The third-order valence-electron chi connectivity index (χ3n) is 6.85. The van der Waals surface area contributed by atoms with Crippen LogP contribution in [0.3, 0.4) is 0 Å². The molecular formula is C26H35Cl2N3O5. The van der Waals surface area contributed by atoms with Crippen molar-refractivity contribution < 1.29 is 23.7 Å². The molecule has 0 radical (unpaired) electrons. The van der Waals surface area contributed by atoms with E-state index < -0.39 is 0 Å². The van der Waals surface area contributed by atoms with Gasteiger partial charge in [0.25, 0.3) is 0 Å². The number of benzene rings is 2. The maximum absolute atomic E-state index is 12.8. The third-order valence-corrected chi connectivity index (χ3v) is 7.10. The summed E-state index contributed by atoms with van der Waals surface area (Å²) >= 11 is 6.01. The van der Waals surface area contributed by atoms with Crippen LogP contribution in [0.5, 0.6) is 17.2 Å². The topological polar surface area (TPSA) is 81.3 Å². The minimum atomic E-state index is -0.294. The van der Waals surface area contributed by atoms with Crippen LogP contribution >= 0.6 is 24.0 Å². The fraction of sp³-hybridized carbons (Fsp3) is 0.500. The lowest BCUT2D eigenvalue weighted by atomic mass is 9.89. The van der Waals surface area contributed by atoms with Gasteiger partial charge in [0.05, 0.1) is 52.3 Å². The van der Waals surface area contributed by atoms with E-state index in [1.165, 1.54) is 5.56 Å². The summed E-state index contributed by atoms with van der Waals surface area (Å²) in [6, 6.07) is 11.4. The summed E-state index contributed by atoms with van der Waals surface area (Å²) < 4.78 is 21.9. The van der Waals surface area contributed by atoms with Gasteiger partial charge in [-0.25, -0.2) is 4.79 Å². The first-order valence-corrected chi connectivity index (χ1v) is 12.3. The van der Waals surface area contributed by atoms with Gasteiger partial charge in [-0.05, 0) is 56.0 Å². The average molecular weight is 540 g/mol. The first-order valence-electron chi connectivity index (χ1n) is 11.9. The molecule has 0 aromatic heterocycles. The van der Waals surface area contributed by atoms with Gasteiger partial charge < -0.3 is 29.6 Å². The van der Waals surface area contributed by atoms with Gasteiger partial charge in [0.1, 0.15) is 0 Å². The number of urea groups is 1. The standard InChI is InChI=1S/C26H34ClN3O5.ClH/c1-32-23-13-20(14-24(33-2)25(23)34-3)28-26(31)29-21-15-35-16-22(21)30-10-8-18(9-11-30)12-17-4-6-19(27)7-5-17;/h4-7,13-14,18,21-22H,8-12,15-16H2,1-3H3,(H2,28,29,31);1H/t21-,22-;/m1./s1. The van der Waals surface area contributed by atoms with Crippen LogP contribution in [0.4, 0.5) is 10.5 Å². The zero-order valence-corrected chi connectivity index (χ0v) is 22.5. The molecule has 4 rings (SSSR count). The molecule has 198 valence electrons. The molecule has 2 aliphatic rings. The van der Waals surface area contributed by atoms with Crippen molar-refractivity contribution in [1.29, 1.82) is 0 Å². The Labute approximate surface area is 224 Å². The first-order chi connectivity index (χ1) is 17.0. The van der Waals surface area contributed by atoms with Crippen LogP contribution in [-0.4, -0.2) is 70.6 Å². The predicted molar refractivity (Wildman–Crippen MR) is 143 cm³/mol. The molecule has 10 heteroatoms. The van der Waals surface area contributed by atoms with Crippen molar-refractivity contribution in [2.75, 3.05) is 52.9 Å². The van der Waals surface area contributed by atoms with Crippen molar-refractivity contribution in [3.05, 3.63) is 47.0 Å². The quantitative estimate of drug-likeness (QED) is 0.508. The summed E-state index contributed by atoms with van der Waals surface area (Å²) in [5.74, 6) is 2.09. The Kier molecular flexibility index (Phi) is 10.4. The maximum Gasteiger partial charge on any atom is 0.319 e. The number of anilines is 1. The van der Waals surface area contributed by atoms with E-state index in [-0.39, 0.29) is 30.5 Å². The number of nitrogens with one attached hydrogen (secondary N) is 2. The molecule has 0 aliphatic carbocycles. The molecule has 2 saturated heterocycles. The van der Waals surface area contributed by atoms with Gasteiger partial charge in [0, 0.05) is 17.2 Å². The predicted octanol–water partition coefficient (Wildman–Crippen LogP) is 4.63. The molecule has 2 aliphatic heterocycles. The van der Waals surface area contributed by atoms with E-state index in [0.717, 1.165) is 37.4 Å². The largest absolute Gasteiger partial charge is 0.493 e. The molecule has 0 bridgehead atoms. The highest BCUT2D eigenvalue weighted by molar-refractivity contribution is 6.30. The van der Waals surface area contributed by atoms with E-state index in [1.807, 2.05) is 12.1 Å². The number of rotatable bonds is 8. The second-order valence-electron chi connectivity index (χ2n) is 9.03. The highest BCUT2D eigenvalue weighted by Crippen LogP contribution is 2.40. The Bertz CT molecular complexity index is 975. The molecular weight excluding hydrogens is 505 g/mol. The first kappa shape index (κ1) is 28.2. The van der Waals surface area contributed by atoms with Crippen LogP contribution in [0.1, 0.15) is 18.4 Å². The maximum atomic E-state index is 12.8. The van der Waals surface area contributed by atoms with Crippen molar-refractivity contribution in [1.82, 2.24) is 10.2 Å². The van der Waals surface area contributed by atoms with Gasteiger partial charge in [-0.15, -0.1) is 12.4 Å². The summed E-state index contributed by atoms with van der Waals surface area (Å²) in [6.45, 7) is 3.12. The number of hydrogen-bond acceptors (Lipinski definition) is 6. The second-order valence-corrected chi connectivity index (χ2v) is 9.47. The number of carbonyl (C=O) groups excluding carboxylic acids is 1. The molecule has 2 aromatic rings. The Morgan fingerprint density at radius 2 is 1.67 bits per heavy atom. The normalized spacial score (nSPS) is 20.3. The van der Waals surface area contributed by atoms with E-state index in [0.29, 0.717) is 42.1 Å². The lowest BCUT2D eigenvalue weighted by molar-refractivity contribution is 0.106. The Hall–Kier alpha value is -2.39. The smallest absolute Gasteiger partial charge is 0.319 e. The van der Waals surface area contributed by atoms with Crippen molar-refractivity contribution in [3.63, 3.8) is 0 Å². The molecule has 8 nitrogen and oxygen atoms in total. The second kappa shape index (κ2) is 13.2. The van der Waals surface area contributed by atoms with Crippen molar-refractivity contribution in [2.45, 2.75) is 31.3 Å². The lowest BCUT2D eigenvalue weighted by Crippen LogP contribution is -2.54. The highest BCUT2D eigenvalue weighted by atomic mass is 35.5. The summed E-state index contributed by atoms with van der Waals surface area (Å²) in [7, 11) is 4.63. The minimum Gasteiger partial charge on any atom is -0.493 e. The number of ether oxygens (including phenoxy) is 4. The fourth-order valence-corrected chi connectivity index (χ4v) is 5.10. The zero-order valence-electron chi connectivity index (χ0n) is 20.9. The van der Waals surface area contributed by atoms with Crippen LogP contribution in [-0.2, 0) is 11.2 Å². The van der Waals surface area contributed by atoms with E-state index in [2.05, 4.69) is 27.7 Å². The van der Waals surface area contributed by atoms with Crippen molar-refractivity contribution >= 4 is 35.7 Å². The fourth-order valence-electron chi connectivity index (χ4n) is 4.97. The Morgan fingerprint density at radius 3 is 2.25 bits per heavy atom. The molecule has 2 fully saturated rings. The van der Waals surface area contributed by atoms with Gasteiger partial charge in [-0.2, -0.15) is 0 Å². The number of amides is 2. The van der Waals surface area contributed by atoms with Crippen molar-refractivity contribution in [3.8, 4) is 17.2 Å². The number of halogens is 2. The summed E-state index contributed by atoms with van der Waals surface area (Å²) in [6.07, 6.45) is 3.33. The minimum absolute atomic E-state index is 0. The summed E-state index contributed by atoms with van der Waals surface area (Å²) in [4.78, 5) is 15.3. The molecule has 0 unspecified atom stereocenters. The average Bonchev–Trinajstić information content (AvgIpc) is 3.33. The molecule has 2 atom stereocenters. The lowest BCUT2D eigenvalue weighted by Gasteiger charge is -2.37. The van der Waals surface area contributed by atoms with Crippen LogP contribution < -0.4 is 24.8 Å². The molecule has 0 spiro atoms. The van der Waals surface area contributed by atoms with Crippen LogP contribution in [0.15, 0.2) is 36.4 Å². The van der Waals surface area contributed by atoms with Gasteiger partial charge in [-0.1, -0.05) is 23.7 Å². The van der Waals surface area contributed by atoms with E-state index in [9.17, 15) is 4.79 Å². The molecule has 2 N–H and O–H groups in total. The summed E-state index contributed by atoms with van der Waals surface area (Å²) in [5.41, 5.74) is 1.88. The Balaban J connectivity index is 0.00000361. The highest BCUT2D eigenvalue weighted by Gasteiger charge is 2.36. The van der Waals surface area contributed by atoms with E-state index >= 15 is 0 Å². The van der Waals surface area contributed by atoms with E-state index in [4.69, 9.17) is 30.5 Å². The van der Waals surface area contributed by atoms with Crippen molar-refractivity contribution in [2.24, 2.45) is 5.92 Å². The van der Waals surface area contributed by atoms with Gasteiger partial charge in [-0.3, -0.25) is 4.90 Å². The van der Waals surface area contributed by atoms with Gasteiger partial charge in [0.15, 0.2) is 11.5 Å².